The van der Waals surface area contributed by atoms with Gasteiger partial charge < -0.3 is 14.3 Å². The number of nitriles is 1. The molecule has 0 N–H and O–H groups in total. The van der Waals surface area contributed by atoms with Gasteiger partial charge in [-0.05, 0) is 36.1 Å². The summed E-state index contributed by atoms with van der Waals surface area (Å²) in [4.78, 5) is 5.79. The largest absolute Gasteiger partial charge is 0.493 e. The first kappa shape index (κ1) is 14.7. The highest BCUT2D eigenvalue weighted by Crippen LogP contribution is 2.53. The summed E-state index contributed by atoms with van der Waals surface area (Å²) in [6.45, 7) is 6.73. The summed E-state index contributed by atoms with van der Waals surface area (Å²) in [5, 5.41) is 11.6. The van der Waals surface area contributed by atoms with E-state index >= 15 is 0 Å². The zero-order valence-electron chi connectivity index (χ0n) is 13.2. The summed E-state index contributed by atoms with van der Waals surface area (Å²) in [7, 11) is 3.25. The molecule has 0 bridgehead atoms. The predicted molar refractivity (Wildman–Crippen MR) is 81.3 cm³/mol. The fourth-order valence-corrected chi connectivity index (χ4v) is 3.72. The van der Waals surface area contributed by atoms with Crippen LogP contribution in [0.3, 0.4) is 0 Å². The number of nitrogens with zero attached hydrogens (tertiary/aromatic N) is 2. The van der Waals surface area contributed by atoms with Crippen LogP contribution in [0, 0.1) is 17.2 Å². The number of hydrogen-bond donors (Lipinski definition) is 0. The number of fused-ring (bicyclic) bond motifs is 3. The molecule has 3 rings (SSSR count). The van der Waals surface area contributed by atoms with Crippen LogP contribution in [-0.2, 0) is 16.8 Å². The van der Waals surface area contributed by atoms with E-state index in [4.69, 9.17) is 14.3 Å². The Morgan fingerprint density at radius 2 is 2.09 bits per heavy atom. The topological polar surface area (TPSA) is 54.7 Å². The second-order valence-corrected chi connectivity index (χ2v) is 5.61. The van der Waals surface area contributed by atoms with Crippen LogP contribution in [0.4, 0.5) is 0 Å². The standard InChI is InChI=1S/C17H20N2O3/c1-5-17-13-9-16(21-4)15(20-3)8-12(13)6-7-19(17)22-11(2)14(17)10-18/h8-9,14H,2,5-7H2,1,3-4H3. The molecule has 2 aliphatic heterocycles. The highest BCUT2D eigenvalue weighted by molar-refractivity contribution is 5.52. The number of methoxy groups -OCH3 is 2. The highest BCUT2D eigenvalue weighted by atomic mass is 16.7. The predicted octanol–water partition coefficient (Wildman–Crippen LogP) is 2.77. The Bertz CT molecular complexity index is 665. The van der Waals surface area contributed by atoms with Crippen LogP contribution in [0.25, 0.3) is 0 Å². The van der Waals surface area contributed by atoms with Gasteiger partial charge in [0.1, 0.15) is 17.2 Å². The molecule has 0 amide bonds. The lowest BCUT2D eigenvalue weighted by Crippen LogP contribution is -2.48. The summed E-state index contributed by atoms with van der Waals surface area (Å²) in [6.07, 6.45) is 1.59. The summed E-state index contributed by atoms with van der Waals surface area (Å²) < 4.78 is 10.8. The van der Waals surface area contributed by atoms with Crippen LogP contribution in [-0.4, -0.2) is 25.8 Å². The van der Waals surface area contributed by atoms with Gasteiger partial charge in [-0.2, -0.15) is 5.26 Å². The summed E-state index contributed by atoms with van der Waals surface area (Å²) >= 11 is 0. The maximum atomic E-state index is 9.65. The number of benzene rings is 1. The van der Waals surface area contributed by atoms with E-state index in [0.29, 0.717) is 17.3 Å². The van der Waals surface area contributed by atoms with Gasteiger partial charge in [-0.15, -0.1) is 5.06 Å². The molecule has 5 nitrogen and oxygen atoms in total. The van der Waals surface area contributed by atoms with Gasteiger partial charge in [0.2, 0.25) is 0 Å². The van der Waals surface area contributed by atoms with E-state index in [0.717, 1.165) is 24.9 Å². The smallest absolute Gasteiger partial charge is 0.161 e. The van der Waals surface area contributed by atoms with Gasteiger partial charge in [-0.3, -0.25) is 0 Å². The fraction of sp³-hybridized carbons (Fsp3) is 0.471. The SMILES string of the molecule is C=C1ON2CCc3cc(OC)c(OC)cc3C2(CC)C1C#N. The first-order valence-electron chi connectivity index (χ1n) is 7.41. The normalized spacial score (nSPS) is 26.6. The van der Waals surface area contributed by atoms with Gasteiger partial charge in [0.05, 0.1) is 20.3 Å². The molecule has 2 atom stereocenters. The van der Waals surface area contributed by atoms with Gasteiger partial charge >= 0.3 is 0 Å². The van der Waals surface area contributed by atoms with Crippen LogP contribution < -0.4 is 9.47 Å². The lowest BCUT2D eigenvalue weighted by molar-refractivity contribution is -0.155. The lowest BCUT2D eigenvalue weighted by Gasteiger charge is -2.41. The van der Waals surface area contributed by atoms with Crippen LogP contribution in [0.1, 0.15) is 24.5 Å². The number of hydrogen-bond acceptors (Lipinski definition) is 5. The van der Waals surface area contributed by atoms with Gasteiger partial charge in [0.15, 0.2) is 11.5 Å². The second kappa shape index (κ2) is 5.22. The molecule has 2 heterocycles. The van der Waals surface area contributed by atoms with Gasteiger partial charge in [-0.1, -0.05) is 13.5 Å². The molecule has 2 aliphatic rings. The Morgan fingerprint density at radius 1 is 1.41 bits per heavy atom. The molecule has 1 saturated heterocycles. The number of rotatable bonds is 3. The Morgan fingerprint density at radius 3 is 2.68 bits per heavy atom. The molecule has 1 aromatic rings. The van der Waals surface area contributed by atoms with Crippen molar-refractivity contribution < 1.29 is 14.3 Å². The third kappa shape index (κ3) is 1.74. The van der Waals surface area contributed by atoms with Crippen molar-refractivity contribution in [2.45, 2.75) is 25.3 Å². The summed E-state index contributed by atoms with van der Waals surface area (Å²) in [6, 6.07) is 6.37. The molecule has 0 radical (unpaired) electrons. The van der Waals surface area contributed by atoms with Gasteiger partial charge in [0, 0.05) is 6.54 Å². The maximum Gasteiger partial charge on any atom is 0.161 e. The molecule has 1 aromatic carbocycles. The van der Waals surface area contributed by atoms with Crippen molar-refractivity contribution in [3.8, 4) is 17.6 Å². The van der Waals surface area contributed by atoms with Crippen molar-refractivity contribution in [1.29, 1.82) is 5.26 Å². The van der Waals surface area contributed by atoms with Crippen molar-refractivity contribution in [1.82, 2.24) is 5.06 Å². The monoisotopic (exact) mass is 300 g/mol. The zero-order valence-corrected chi connectivity index (χ0v) is 13.2. The molecule has 5 heteroatoms. The first-order chi connectivity index (χ1) is 10.6. The second-order valence-electron chi connectivity index (χ2n) is 5.61. The molecule has 116 valence electrons. The minimum atomic E-state index is -0.501. The Balaban J connectivity index is 2.24. The van der Waals surface area contributed by atoms with Crippen LogP contribution in [0.5, 0.6) is 11.5 Å². The number of ether oxygens (including phenoxy) is 2. The lowest BCUT2D eigenvalue weighted by atomic mass is 9.72. The fourth-order valence-electron chi connectivity index (χ4n) is 3.72. The molecule has 0 aliphatic carbocycles. The third-order valence-corrected chi connectivity index (χ3v) is 4.80. The van der Waals surface area contributed by atoms with Crippen molar-refractivity contribution in [3.63, 3.8) is 0 Å². The van der Waals surface area contributed by atoms with Crippen molar-refractivity contribution >= 4 is 0 Å². The van der Waals surface area contributed by atoms with E-state index in [1.165, 1.54) is 5.56 Å². The molecule has 2 unspecified atom stereocenters. The van der Waals surface area contributed by atoms with Gasteiger partial charge in [-0.25, -0.2) is 0 Å². The number of hydroxylamine groups is 2. The molecular formula is C17H20N2O3. The quantitative estimate of drug-likeness (QED) is 0.859. The van der Waals surface area contributed by atoms with Crippen molar-refractivity contribution in [2.75, 3.05) is 20.8 Å². The Kier molecular flexibility index (Phi) is 3.50. The minimum Gasteiger partial charge on any atom is -0.493 e. The van der Waals surface area contributed by atoms with E-state index in [-0.39, 0.29) is 0 Å². The van der Waals surface area contributed by atoms with Crippen LogP contribution in [0.15, 0.2) is 24.5 Å². The average molecular weight is 300 g/mol. The molecule has 0 spiro atoms. The third-order valence-electron chi connectivity index (χ3n) is 4.80. The molecule has 0 saturated carbocycles. The molecule has 0 aromatic heterocycles. The van der Waals surface area contributed by atoms with Crippen molar-refractivity contribution in [2.24, 2.45) is 5.92 Å². The first-order valence-corrected chi connectivity index (χ1v) is 7.41. The molecular weight excluding hydrogens is 280 g/mol. The Hall–Kier alpha value is -2.19. The van der Waals surface area contributed by atoms with E-state index in [1.54, 1.807) is 14.2 Å². The molecule has 22 heavy (non-hydrogen) atoms. The maximum absolute atomic E-state index is 9.65. The van der Waals surface area contributed by atoms with Crippen molar-refractivity contribution in [3.05, 3.63) is 35.6 Å². The summed E-state index contributed by atoms with van der Waals surface area (Å²) in [5.74, 6) is 1.51. The zero-order chi connectivity index (χ0) is 15.9. The van der Waals surface area contributed by atoms with E-state index < -0.39 is 11.5 Å². The Labute approximate surface area is 130 Å². The molecule has 1 fully saturated rings. The van der Waals surface area contributed by atoms with Crippen LogP contribution >= 0.6 is 0 Å². The highest BCUT2D eigenvalue weighted by Gasteiger charge is 2.56. The summed E-state index contributed by atoms with van der Waals surface area (Å²) in [5.41, 5.74) is 1.75. The van der Waals surface area contributed by atoms with E-state index in [1.807, 2.05) is 17.2 Å². The average Bonchev–Trinajstić information content (AvgIpc) is 2.84. The van der Waals surface area contributed by atoms with E-state index in [9.17, 15) is 5.26 Å². The van der Waals surface area contributed by atoms with Gasteiger partial charge in [0.25, 0.3) is 0 Å². The minimum absolute atomic E-state index is 0.394. The van der Waals surface area contributed by atoms with E-state index in [2.05, 4.69) is 19.6 Å². The van der Waals surface area contributed by atoms with Crippen LogP contribution in [0.2, 0.25) is 0 Å².